The highest BCUT2D eigenvalue weighted by Gasteiger charge is 2.19. The van der Waals surface area contributed by atoms with E-state index in [9.17, 15) is 14.4 Å². The van der Waals surface area contributed by atoms with Crippen LogP contribution in [0.4, 0.5) is 0 Å². The third kappa shape index (κ3) is 52.6. The molecule has 66 heavy (non-hydrogen) atoms. The van der Waals surface area contributed by atoms with E-state index in [2.05, 4.69) is 57.2 Å². The number of carbonyl (C=O) groups is 3. The van der Waals surface area contributed by atoms with Gasteiger partial charge in [0.05, 0.1) is 0 Å². The Morgan fingerprint density at radius 2 is 0.545 bits per heavy atom. The number of ether oxygens (including phenoxy) is 3. The molecular weight excluding hydrogens is 817 g/mol. The highest BCUT2D eigenvalue weighted by Crippen LogP contribution is 2.16. The molecule has 0 heterocycles. The van der Waals surface area contributed by atoms with E-state index in [1.807, 2.05) is 0 Å². The van der Waals surface area contributed by atoms with E-state index in [-0.39, 0.29) is 31.1 Å². The Kier molecular flexibility index (Phi) is 53.2. The smallest absolute Gasteiger partial charge is 0.306 e. The summed E-state index contributed by atoms with van der Waals surface area (Å²) in [6.07, 6.45) is 65.6. The maximum absolute atomic E-state index is 12.8. The van der Waals surface area contributed by atoms with Crippen LogP contribution in [0.25, 0.3) is 0 Å². The second kappa shape index (κ2) is 55.2. The van der Waals surface area contributed by atoms with Gasteiger partial charge in [0.15, 0.2) is 6.10 Å². The van der Waals surface area contributed by atoms with E-state index in [1.54, 1.807) is 0 Å². The van der Waals surface area contributed by atoms with Gasteiger partial charge in [0.2, 0.25) is 0 Å². The van der Waals surface area contributed by atoms with Gasteiger partial charge in [-0.2, -0.15) is 0 Å². The van der Waals surface area contributed by atoms with Crippen molar-refractivity contribution in [3.63, 3.8) is 0 Å². The minimum Gasteiger partial charge on any atom is -0.462 e. The normalized spacial score (nSPS) is 12.2. The van der Waals surface area contributed by atoms with Gasteiger partial charge in [-0.3, -0.25) is 14.4 Å². The van der Waals surface area contributed by atoms with Crippen LogP contribution in [0.2, 0.25) is 0 Å². The van der Waals surface area contributed by atoms with E-state index in [0.29, 0.717) is 19.3 Å². The molecule has 0 aliphatic carbocycles. The molecule has 0 bridgehead atoms. The lowest BCUT2D eigenvalue weighted by Gasteiger charge is -2.18. The summed E-state index contributed by atoms with van der Waals surface area (Å²) in [6.45, 7) is 6.64. The number of rotatable bonds is 53. The van der Waals surface area contributed by atoms with Crippen molar-refractivity contribution in [2.24, 2.45) is 0 Å². The van der Waals surface area contributed by atoms with Crippen LogP contribution in [0, 0.1) is 0 Å². The highest BCUT2D eigenvalue weighted by molar-refractivity contribution is 5.71. The number of carbonyl (C=O) groups excluding carboxylic acids is 3. The minimum atomic E-state index is -0.777. The fourth-order valence-corrected chi connectivity index (χ4v) is 8.47. The third-order valence-corrected chi connectivity index (χ3v) is 12.9. The highest BCUT2D eigenvalue weighted by atomic mass is 16.6. The summed E-state index contributed by atoms with van der Waals surface area (Å²) >= 11 is 0. The first-order valence-corrected chi connectivity index (χ1v) is 29.0. The van der Waals surface area contributed by atoms with Crippen LogP contribution >= 0.6 is 0 Å². The molecule has 0 saturated carbocycles. The van der Waals surface area contributed by atoms with Crippen molar-refractivity contribution in [2.45, 2.75) is 316 Å². The van der Waals surface area contributed by atoms with Crippen LogP contribution in [0.3, 0.4) is 0 Å². The molecule has 0 radical (unpaired) electrons. The van der Waals surface area contributed by atoms with Gasteiger partial charge in [0.25, 0.3) is 0 Å². The molecule has 386 valence electrons. The number of allylic oxidation sites excluding steroid dienone is 6. The molecule has 0 fully saturated rings. The molecule has 0 aliphatic rings. The third-order valence-electron chi connectivity index (χ3n) is 12.9. The number of hydrogen-bond acceptors (Lipinski definition) is 6. The van der Waals surface area contributed by atoms with Crippen LogP contribution in [0.1, 0.15) is 310 Å². The van der Waals surface area contributed by atoms with Crippen LogP contribution in [0.5, 0.6) is 0 Å². The van der Waals surface area contributed by atoms with E-state index in [1.165, 1.54) is 186 Å². The zero-order valence-electron chi connectivity index (χ0n) is 44.2. The molecule has 0 aliphatic heterocycles. The summed E-state index contributed by atoms with van der Waals surface area (Å²) in [5.41, 5.74) is 0. The predicted molar refractivity (Wildman–Crippen MR) is 284 cm³/mol. The van der Waals surface area contributed by atoms with E-state index in [0.717, 1.165) is 83.5 Å². The van der Waals surface area contributed by atoms with Crippen LogP contribution in [-0.4, -0.2) is 37.2 Å². The standard InChI is InChI=1S/C60H110O6/c1-4-7-10-13-16-19-22-25-27-29-30-31-33-35-38-41-44-47-50-53-59(62)65-56-57(55-64-58(61)52-49-46-43-40-37-34-24-21-18-15-12-9-6-3)66-60(63)54-51-48-45-42-39-36-32-28-26-23-20-17-14-11-8-5-2/h20,23,25,27-28,32,57H,4-19,21-22,24,26,29-31,33-56H2,1-3H3/b23-20-,27-25-,32-28-. The zero-order valence-corrected chi connectivity index (χ0v) is 44.2. The van der Waals surface area contributed by atoms with E-state index in [4.69, 9.17) is 14.2 Å². The summed E-state index contributed by atoms with van der Waals surface area (Å²) in [5, 5.41) is 0. The van der Waals surface area contributed by atoms with E-state index < -0.39 is 6.10 Å². The largest absolute Gasteiger partial charge is 0.462 e. The van der Waals surface area contributed by atoms with Crippen LogP contribution in [-0.2, 0) is 28.6 Å². The number of esters is 3. The van der Waals surface area contributed by atoms with Crippen molar-refractivity contribution in [3.05, 3.63) is 36.5 Å². The molecule has 0 aromatic heterocycles. The second-order valence-electron chi connectivity index (χ2n) is 19.6. The maximum Gasteiger partial charge on any atom is 0.306 e. The van der Waals surface area contributed by atoms with Crippen molar-refractivity contribution in [3.8, 4) is 0 Å². The zero-order chi connectivity index (χ0) is 47.9. The molecule has 0 rings (SSSR count). The maximum atomic E-state index is 12.8. The second-order valence-corrected chi connectivity index (χ2v) is 19.6. The topological polar surface area (TPSA) is 78.9 Å². The summed E-state index contributed by atoms with van der Waals surface area (Å²) < 4.78 is 16.9. The molecule has 0 amide bonds. The summed E-state index contributed by atoms with van der Waals surface area (Å²) in [7, 11) is 0. The first kappa shape index (κ1) is 63.6. The fourth-order valence-electron chi connectivity index (χ4n) is 8.47. The van der Waals surface area contributed by atoms with Gasteiger partial charge in [0, 0.05) is 19.3 Å². The fraction of sp³-hybridized carbons (Fsp3) is 0.850. The van der Waals surface area contributed by atoms with Gasteiger partial charge < -0.3 is 14.2 Å². The molecule has 0 N–H and O–H groups in total. The average Bonchev–Trinajstić information content (AvgIpc) is 3.31. The van der Waals surface area contributed by atoms with Crippen LogP contribution < -0.4 is 0 Å². The lowest BCUT2D eigenvalue weighted by Crippen LogP contribution is -2.30. The Bertz CT molecular complexity index is 1110. The lowest BCUT2D eigenvalue weighted by atomic mass is 10.0. The SMILES string of the molecule is CCCCCC/C=C\C/C=C\CCCCCCCC(=O)OC(COC(=O)CCCCCCCCCCC/C=C\CCCCCCCC)COC(=O)CCCCCCCCCCCCCCC. The quantitative estimate of drug-likeness (QED) is 0.0262. The Balaban J connectivity index is 4.34. The van der Waals surface area contributed by atoms with Crippen molar-refractivity contribution in [1.82, 2.24) is 0 Å². The van der Waals surface area contributed by atoms with Crippen molar-refractivity contribution in [2.75, 3.05) is 13.2 Å². The Morgan fingerprint density at radius 1 is 0.303 bits per heavy atom. The molecule has 0 spiro atoms. The average molecular weight is 928 g/mol. The monoisotopic (exact) mass is 927 g/mol. The molecule has 0 saturated heterocycles. The van der Waals surface area contributed by atoms with Gasteiger partial charge in [-0.25, -0.2) is 0 Å². The Hall–Kier alpha value is -2.37. The molecular formula is C60H110O6. The summed E-state index contributed by atoms with van der Waals surface area (Å²) in [4.78, 5) is 38.1. The summed E-state index contributed by atoms with van der Waals surface area (Å²) in [5.74, 6) is -0.874. The number of hydrogen-bond donors (Lipinski definition) is 0. The van der Waals surface area contributed by atoms with Crippen molar-refractivity contribution in [1.29, 1.82) is 0 Å². The molecule has 1 atom stereocenters. The Morgan fingerprint density at radius 3 is 0.864 bits per heavy atom. The van der Waals surface area contributed by atoms with Crippen LogP contribution in [0.15, 0.2) is 36.5 Å². The molecule has 1 unspecified atom stereocenters. The van der Waals surface area contributed by atoms with Gasteiger partial charge in [-0.05, 0) is 77.0 Å². The lowest BCUT2D eigenvalue weighted by molar-refractivity contribution is -0.167. The number of unbranched alkanes of at least 4 members (excludes halogenated alkanes) is 36. The Labute approximate surface area is 410 Å². The predicted octanol–water partition coefficient (Wildman–Crippen LogP) is 19.3. The first-order valence-electron chi connectivity index (χ1n) is 29.0. The summed E-state index contributed by atoms with van der Waals surface area (Å²) in [6, 6.07) is 0. The molecule has 6 heteroatoms. The first-order chi connectivity index (χ1) is 32.5. The molecule has 0 aromatic rings. The van der Waals surface area contributed by atoms with Crippen molar-refractivity contribution < 1.29 is 28.6 Å². The van der Waals surface area contributed by atoms with Gasteiger partial charge in [0.1, 0.15) is 13.2 Å². The van der Waals surface area contributed by atoms with Gasteiger partial charge >= 0.3 is 17.9 Å². The minimum absolute atomic E-state index is 0.0749. The van der Waals surface area contributed by atoms with Gasteiger partial charge in [-0.15, -0.1) is 0 Å². The molecule has 6 nitrogen and oxygen atoms in total. The van der Waals surface area contributed by atoms with Gasteiger partial charge in [-0.1, -0.05) is 250 Å². The molecule has 0 aromatic carbocycles. The van der Waals surface area contributed by atoms with E-state index >= 15 is 0 Å². The van der Waals surface area contributed by atoms with Crippen molar-refractivity contribution >= 4 is 17.9 Å².